The minimum absolute atomic E-state index is 0.311. The molecule has 1 amide bonds. The third-order valence-electron chi connectivity index (χ3n) is 2.48. The number of ether oxygens (including phenoxy) is 1. The molecule has 0 saturated heterocycles. The Morgan fingerprint density at radius 2 is 2.10 bits per heavy atom. The molecule has 0 bridgehead atoms. The summed E-state index contributed by atoms with van der Waals surface area (Å²) in [5.41, 5.74) is 0.122. The summed E-state index contributed by atoms with van der Waals surface area (Å²) in [5, 5.41) is 2.42. The highest BCUT2D eigenvalue weighted by atomic mass is 32.1. The fourth-order valence-electron chi connectivity index (χ4n) is 1.64. The van der Waals surface area contributed by atoms with Gasteiger partial charge in [0.25, 0.3) is 5.91 Å². The first-order valence-electron chi connectivity index (χ1n) is 5.97. The largest absolute Gasteiger partial charge is 0.492 e. The first kappa shape index (κ1) is 15.3. The number of amides is 1. The lowest BCUT2D eigenvalue weighted by atomic mass is 10.2. The normalized spacial score (nSPS) is 11.2. The van der Waals surface area contributed by atoms with Gasteiger partial charge in [0.05, 0.1) is 17.8 Å². The number of rotatable bonds is 4. The van der Waals surface area contributed by atoms with Crippen molar-refractivity contribution in [1.29, 1.82) is 0 Å². The lowest BCUT2D eigenvalue weighted by Gasteiger charge is -2.11. The van der Waals surface area contributed by atoms with E-state index in [1.54, 1.807) is 31.2 Å². The maximum Gasteiger partial charge on any atom is 0.434 e. The Balaban J connectivity index is 2.25. The molecule has 0 fully saturated rings. The first-order valence-corrected chi connectivity index (χ1v) is 6.85. The van der Waals surface area contributed by atoms with Gasteiger partial charge in [-0.1, -0.05) is 12.1 Å². The molecule has 0 atom stereocenters. The molecule has 1 aromatic heterocycles. The average Bonchev–Trinajstić information content (AvgIpc) is 2.90. The number of benzene rings is 1. The van der Waals surface area contributed by atoms with Crippen LogP contribution in [0, 0.1) is 0 Å². The van der Waals surface area contributed by atoms with Crippen molar-refractivity contribution in [1.82, 2.24) is 4.98 Å². The molecule has 0 unspecified atom stereocenters. The highest BCUT2D eigenvalue weighted by Crippen LogP contribution is 2.33. The molecular formula is C13H11F3N2O2S. The Kier molecular flexibility index (Phi) is 4.46. The zero-order valence-corrected chi connectivity index (χ0v) is 11.7. The molecule has 1 aromatic carbocycles. The summed E-state index contributed by atoms with van der Waals surface area (Å²) in [6.07, 6.45) is -4.66. The highest BCUT2D eigenvalue weighted by Gasteiger charge is 2.38. The van der Waals surface area contributed by atoms with Gasteiger partial charge in [0, 0.05) is 0 Å². The predicted octanol–water partition coefficient (Wildman–Crippen LogP) is 3.81. The van der Waals surface area contributed by atoms with E-state index in [4.69, 9.17) is 4.74 Å². The summed E-state index contributed by atoms with van der Waals surface area (Å²) >= 11 is 0.639. The van der Waals surface area contributed by atoms with Crippen molar-refractivity contribution in [2.45, 2.75) is 13.1 Å². The van der Waals surface area contributed by atoms with Crippen LogP contribution in [0.25, 0.3) is 0 Å². The summed E-state index contributed by atoms with van der Waals surface area (Å²) in [6.45, 7) is 2.14. The number of halogens is 3. The number of hydrogen-bond acceptors (Lipinski definition) is 4. The minimum Gasteiger partial charge on any atom is -0.492 e. The zero-order chi connectivity index (χ0) is 15.5. The second kappa shape index (κ2) is 6.13. The van der Waals surface area contributed by atoms with Gasteiger partial charge in [0.2, 0.25) is 0 Å². The van der Waals surface area contributed by atoms with Crippen molar-refractivity contribution in [3.63, 3.8) is 0 Å². The van der Waals surface area contributed by atoms with Crippen LogP contribution in [0.3, 0.4) is 0 Å². The molecule has 0 radical (unpaired) electrons. The summed E-state index contributed by atoms with van der Waals surface area (Å²) in [5.74, 6) is -0.469. The SMILES string of the molecule is CCOc1ccccc1NC(=O)c1scnc1C(F)(F)F. The van der Waals surface area contributed by atoms with Crippen molar-refractivity contribution in [3.05, 3.63) is 40.3 Å². The van der Waals surface area contributed by atoms with Gasteiger partial charge in [-0.25, -0.2) is 4.98 Å². The quantitative estimate of drug-likeness (QED) is 0.933. The molecule has 0 aliphatic carbocycles. The van der Waals surface area contributed by atoms with E-state index in [1.807, 2.05) is 0 Å². The number of para-hydroxylation sites is 2. The number of nitrogens with one attached hydrogen (secondary N) is 1. The molecule has 4 nitrogen and oxygen atoms in total. The molecular weight excluding hydrogens is 305 g/mol. The molecule has 2 aromatic rings. The Bertz CT molecular complexity index is 640. The first-order chi connectivity index (χ1) is 9.93. The number of aromatic nitrogens is 1. The van der Waals surface area contributed by atoms with E-state index in [2.05, 4.69) is 10.3 Å². The van der Waals surface area contributed by atoms with Crippen LogP contribution in [0.5, 0.6) is 5.75 Å². The van der Waals surface area contributed by atoms with Crippen molar-refractivity contribution < 1.29 is 22.7 Å². The number of alkyl halides is 3. The Labute approximate surface area is 122 Å². The minimum atomic E-state index is -4.66. The van der Waals surface area contributed by atoms with Crippen LogP contribution in [0.1, 0.15) is 22.3 Å². The molecule has 0 aliphatic heterocycles. The number of carbonyl (C=O) groups is 1. The molecule has 8 heteroatoms. The van der Waals surface area contributed by atoms with Gasteiger partial charge >= 0.3 is 6.18 Å². The lowest BCUT2D eigenvalue weighted by Crippen LogP contribution is -2.17. The van der Waals surface area contributed by atoms with Gasteiger partial charge < -0.3 is 10.1 Å². The van der Waals surface area contributed by atoms with E-state index in [0.29, 0.717) is 29.4 Å². The summed E-state index contributed by atoms with van der Waals surface area (Å²) in [7, 11) is 0. The van der Waals surface area contributed by atoms with Crippen molar-refractivity contribution >= 4 is 22.9 Å². The maximum absolute atomic E-state index is 12.7. The van der Waals surface area contributed by atoms with Crippen LogP contribution < -0.4 is 10.1 Å². The number of thiazole rings is 1. The number of carbonyl (C=O) groups excluding carboxylic acids is 1. The zero-order valence-electron chi connectivity index (χ0n) is 10.9. The molecule has 0 aliphatic rings. The third-order valence-corrected chi connectivity index (χ3v) is 3.30. The Hall–Kier alpha value is -2.09. The summed E-state index contributed by atoms with van der Waals surface area (Å²) < 4.78 is 43.5. The highest BCUT2D eigenvalue weighted by molar-refractivity contribution is 7.12. The number of anilines is 1. The van der Waals surface area contributed by atoms with Crippen LogP contribution in [-0.4, -0.2) is 17.5 Å². The van der Waals surface area contributed by atoms with Crippen LogP contribution in [-0.2, 0) is 6.18 Å². The molecule has 0 spiro atoms. The standard InChI is InChI=1S/C13H11F3N2O2S/c1-2-20-9-6-4-3-5-8(9)18-12(19)10-11(13(14,15)16)17-7-21-10/h3-7H,2H2,1H3,(H,18,19). The molecule has 2 rings (SSSR count). The van der Waals surface area contributed by atoms with Gasteiger partial charge in [-0.05, 0) is 19.1 Å². The van der Waals surface area contributed by atoms with Crippen LogP contribution in [0.15, 0.2) is 29.8 Å². The molecule has 1 N–H and O–H groups in total. The fraction of sp³-hybridized carbons (Fsp3) is 0.231. The molecule has 112 valence electrons. The van der Waals surface area contributed by atoms with Gasteiger partial charge in [0.1, 0.15) is 10.6 Å². The van der Waals surface area contributed by atoms with E-state index in [0.717, 1.165) is 5.51 Å². The second-order valence-corrected chi connectivity index (χ2v) is 4.77. The van der Waals surface area contributed by atoms with E-state index < -0.39 is 22.7 Å². The Morgan fingerprint density at radius 3 is 2.76 bits per heavy atom. The Morgan fingerprint density at radius 1 is 1.38 bits per heavy atom. The molecule has 1 heterocycles. The second-order valence-electron chi connectivity index (χ2n) is 3.91. The van der Waals surface area contributed by atoms with E-state index in [9.17, 15) is 18.0 Å². The third kappa shape index (κ3) is 3.52. The maximum atomic E-state index is 12.7. The van der Waals surface area contributed by atoms with E-state index >= 15 is 0 Å². The van der Waals surface area contributed by atoms with Crippen molar-refractivity contribution in [2.75, 3.05) is 11.9 Å². The molecule has 21 heavy (non-hydrogen) atoms. The topological polar surface area (TPSA) is 51.2 Å². The van der Waals surface area contributed by atoms with Crippen molar-refractivity contribution in [2.24, 2.45) is 0 Å². The van der Waals surface area contributed by atoms with Gasteiger partial charge in [-0.3, -0.25) is 4.79 Å². The number of nitrogens with zero attached hydrogens (tertiary/aromatic N) is 1. The predicted molar refractivity (Wildman–Crippen MR) is 72.7 cm³/mol. The number of hydrogen-bond donors (Lipinski definition) is 1. The van der Waals surface area contributed by atoms with Gasteiger partial charge in [0.15, 0.2) is 5.69 Å². The molecule has 0 saturated carbocycles. The van der Waals surface area contributed by atoms with Crippen LogP contribution in [0.2, 0.25) is 0 Å². The smallest absolute Gasteiger partial charge is 0.434 e. The van der Waals surface area contributed by atoms with Gasteiger partial charge in [-0.15, -0.1) is 11.3 Å². The average molecular weight is 316 g/mol. The summed E-state index contributed by atoms with van der Waals surface area (Å²) in [6, 6.07) is 6.53. The van der Waals surface area contributed by atoms with E-state index in [1.165, 1.54) is 0 Å². The lowest BCUT2D eigenvalue weighted by molar-refractivity contribution is -0.141. The van der Waals surface area contributed by atoms with Crippen LogP contribution in [0.4, 0.5) is 18.9 Å². The van der Waals surface area contributed by atoms with Crippen LogP contribution >= 0.6 is 11.3 Å². The van der Waals surface area contributed by atoms with E-state index in [-0.39, 0.29) is 0 Å². The summed E-state index contributed by atoms with van der Waals surface area (Å²) in [4.78, 5) is 14.7. The fourth-order valence-corrected chi connectivity index (χ4v) is 2.34. The van der Waals surface area contributed by atoms with Gasteiger partial charge in [-0.2, -0.15) is 13.2 Å². The van der Waals surface area contributed by atoms with Crippen molar-refractivity contribution in [3.8, 4) is 5.75 Å². The monoisotopic (exact) mass is 316 g/mol.